The molecule has 0 spiro atoms. The molecule has 2 aromatic rings. The Hall–Kier alpha value is -3.28. The molecule has 1 amide bonds. The summed E-state index contributed by atoms with van der Waals surface area (Å²) >= 11 is 0. The topological polar surface area (TPSA) is 70.1 Å². The Morgan fingerprint density at radius 2 is 1.73 bits per heavy atom. The fourth-order valence-electron chi connectivity index (χ4n) is 4.30. The molecule has 1 aliphatic rings. The minimum Gasteiger partial charge on any atom is -0.507 e. The Morgan fingerprint density at radius 3 is 2.30 bits per heavy atom. The number of ether oxygens (including phenoxy) is 1. The van der Waals surface area contributed by atoms with Crippen LogP contribution in [0.25, 0.3) is 5.76 Å². The Labute approximate surface area is 196 Å². The largest absolute Gasteiger partial charge is 0.507 e. The van der Waals surface area contributed by atoms with Gasteiger partial charge in [-0.25, -0.2) is 0 Å². The number of hydrogen-bond acceptors (Lipinski definition) is 5. The molecule has 6 heteroatoms. The van der Waals surface area contributed by atoms with Crippen LogP contribution in [0.2, 0.25) is 0 Å². The van der Waals surface area contributed by atoms with E-state index in [-0.39, 0.29) is 17.4 Å². The van der Waals surface area contributed by atoms with Crippen molar-refractivity contribution in [2.45, 2.75) is 53.2 Å². The van der Waals surface area contributed by atoms with Crippen LogP contribution in [0.15, 0.2) is 54.1 Å². The zero-order valence-corrected chi connectivity index (χ0v) is 20.2. The van der Waals surface area contributed by atoms with E-state index in [1.54, 1.807) is 29.2 Å². The standard InChI is InChI=1S/C27H34N2O4/c1-6-16-29-24(19-12-14-21(15-13-19)28(7-2)8-3)23(26(31)27(29)32)25(30)20-10-9-11-22(17-20)33-18(4)5/h9-15,17-18,24,30H,6-8,16H2,1-5H3/b25-23-. The second-order valence-electron chi connectivity index (χ2n) is 8.45. The molecule has 33 heavy (non-hydrogen) atoms. The molecular formula is C27H34N2O4. The number of aliphatic hydroxyl groups excluding tert-OH is 1. The van der Waals surface area contributed by atoms with Crippen molar-refractivity contribution in [1.82, 2.24) is 4.90 Å². The second-order valence-corrected chi connectivity index (χ2v) is 8.45. The van der Waals surface area contributed by atoms with Crippen LogP contribution in [0, 0.1) is 0 Å². The van der Waals surface area contributed by atoms with Gasteiger partial charge in [-0.05, 0) is 63.9 Å². The van der Waals surface area contributed by atoms with E-state index in [9.17, 15) is 14.7 Å². The third-order valence-electron chi connectivity index (χ3n) is 5.82. The lowest BCUT2D eigenvalue weighted by Crippen LogP contribution is -2.30. The summed E-state index contributed by atoms with van der Waals surface area (Å²) in [4.78, 5) is 29.8. The van der Waals surface area contributed by atoms with Crippen LogP contribution >= 0.6 is 0 Å². The van der Waals surface area contributed by atoms with Crippen LogP contribution in [0.4, 0.5) is 5.69 Å². The number of anilines is 1. The summed E-state index contributed by atoms with van der Waals surface area (Å²) in [5, 5.41) is 11.2. The van der Waals surface area contributed by atoms with Gasteiger partial charge in [-0.3, -0.25) is 9.59 Å². The van der Waals surface area contributed by atoms with Crippen LogP contribution in [-0.4, -0.2) is 47.4 Å². The molecule has 3 rings (SSSR count). The van der Waals surface area contributed by atoms with Crippen LogP contribution in [0.1, 0.15) is 58.2 Å². The third kappa shape index (κ3) is 5.05. The number of likely N-dealkylation sites (tertiary alicyclic amines) is 1. The highest BCUT2D eigenvalue weighted by Crippen LogP contribution is 2.40. The monoisotopic (exact) mass is 450 g/mol. The molecule has 6 nitrogen and oxygen atoms in total. The number of aliphatic hydroxyl groups is 1. The molecule has 1 N–H and O–H groups in total. The maximum Gasteiger partial charge on any atom is 0.295 e. The summed E-state index contributed by atoms with van der Waals surface area (Å²) in [7, 11) is 0. The van der Waals surface area contributed by atoms with E-state index in [0.717, 1.165) is 24.3 Å². The lowest BCUT2D eigenvalue weighted by atomic mass is 9.95. The lowest BCUT2D eigenvalue weighted by Gasteiger charge is -2.26. The van der Waals surface area contributed by atoms with Crippen molar-refractivity contribution in [1.29, 1.82) is 0 Å². The van der Waals surface area contributed by atoms with Gasteiger partial charge >= 0.3 is 0 Å². The van der Waals surface area contributed by atoms with Crippen LogP contribution in [-0.2, 0) is 9.59 Å². The summed E-state index contributed by atoms with van der Waals surface area (Å²) in [5.74, 6) is -0.823. The number of benzene rings is 2. The Kier molecular flexibility index (Phi) is 7.79. The number of amides is 1. The molecule has 0 aromatic heterocycles. The highest BCUT2D eigenvalue weighted by Gasteiger charge is 2.45. The van der Waals surface area contributed by atoms with Crippen molar-refractivity contribution in [2.75, 3.05) is 24.5 Å². The number of ketones is 1. The highest BCUT2D eigenvalue weighted by molar-refractivity contribution is 6.46. The van der Waals surface area contributed by atoms with Gasteiger partial charge in [0, 0.05) is 30.9 Å². The predicted molar refractivity (Wildman–Crippen MR) is 132 cm³/mol. The number of carbonyl (C=O) groups is 2. The van der Waals surface area contributed by atoms with Gasteiger partial charge in [0.05, 0.1) is 17.7 Å². The zero-order valence-electron chi connectivity index (χ0n) is 20.2. The van der Waals surface area contributed by atoms with E-state index >= 15 is 0 Å². The van der Waals surface area contributed by atoms with E-state index in [0.29, 0.717) is 24.3 Å². The maximum absolute atomic E-state index is 13.1. The van der Waals surface area contributed by atoms with Crippen molar-refractivity contribution in [2.24, 2.45) is 0 Å². The minimum atomic E-state index is -0.658. The van der Waals surface area contributed by atoms with Crippen molar-refractivity contribution in [3.05, 3.63) is 65.2 Å². The molecule has 0 aliphatic carbocycles. The molecule has 0 bridgehead atoms. The summed E-state index contributed by atoms with van der Waals surface area (Å²) in [6, 6.07) is 14.2. The number of Topliss-reactive ketones (excluding diaryl/α,β-unsaturated/α-hetero) is 1. The van der Waals surface area contributed by atoms with Crippen LogP contribution < -0.4 is 9.64 Å². The average molecular weight is 451 g/mol. The molecule has 176 valence electrons. The van der Waals surface area contributed by atoms with Gasteiger partial charge in [-0.2, -0.15) is 0 Å². The summed E-state index contributed by atoms with van der Waals surface area (Å²) in [5.41, 5.74) is 2.45. The molecule has 1 heterocycles. The molecule has 1 saturated heterocycles. The highest BCUT2D eigenvalue weighted by atomic mass is 16.5. The first-order chi connectivity index (χ1) is 15.8. The predicted octanol–water partition coefficient (Wildman–Crippen LogP) is 5.15. The van der Waals surface area contributed by atoms with E-state index < -0.39 is 17.7 Å². The summed E-state index contributed by atoms with van der Waals surface area (Å²) in [6.45, 7) is 12.2. The van der Waals surface area contributed by atoms with Crippen LogP contribution in [0.3, 0.4) is 0 Å². The van der Waals surface area contributed by atoms with Crippen LogP contribution in [0.5, 0.6) is 5.75 Å². The van der Waals surface area contributed by atoms with Gasteiger partial charge in [-0.1, -0.05) is 31.2 Å². The molecule has 0 radical (unpaired) electrons. The van der Waals surface area contributed by atoms with Gasteiger partial charge in [0.15, 0.2) is 0 Å². The Morgan fingerprint density at radius 1 is 1.06 bits per heavy atom. The molecular weight excluding hydrogens is 416 g/mol. The van der Waals surface area contributed by atoms with E-state index in [1.807, 2.05) is 45.0 Å². The smallest absolute Gasteiger partial charge is 0.295 e. The van der Waals surface area contributed by atoms with Gasteiger partial charge in [0.1, 0.15) is 11.5 Å². The molecule has 1 aliphatic heterocycles. The van der Waals surface area contributed by atoms with E-state index in [4.69, 9.17) is 4.74 Å². The zero-order chi connectivity index (χ0) is 24.1. The average Bonchev–Trinajstić information content (AvgIpc) is 3.05. The lowest BCUT2D eigenvalue weighted by molar-refractivity contribution is -0.139. The van der Waals surface area contributed by atoms with Gasteiger partial charge in [-0.15, -0.1) is 0 Å². The Bertz CT molecular complexity index is 1020. The normalized spacial score (nSPS) is 17.6. The maximum atomic E-state index is 13.1. The minimum absolute atomic E-state index is 0.0261. The first-order valence-corrected chi connectivity index (χ1v) is 11.7. The van der Waals surface area contributed by atoms with Crippen molar-refractivity contribution < 1.29 is 19.4 Å². The molecule has 2 aromatic carbocycles. The molecule has 1 atom stereocenters. The Balaban J connectivity index is 2.10. The van der Waals surface area contributed by atoms with Crippen molar-refractivity contribution in [3.63, 3.8) is 0 Å². The summed E-state index contributed by atoms with van der Waals surface area (Å²) < 4.78 is 5.74. The van der Waals surface area contributed by atoms with E-state index in [2.05, 4.69) is 18.7 Å². The van der Waals surface area contributed by atoms with Crippen molar-refractivity contribution in [3.8, 4) is 5.75 Å². The summed E-state index contributed by atoms with van der Waals surface area (Å²) in [6.07, 6.45) is 0.681. The molecule has 0 saturated carbocycles. The van der Waals surface area contributed by atoms with E-state index in [1.165, 1.54) is 0 Å². The van der Waals surface area contributed by atoms with Gasteiger partial charge in [0.2, 0.25) is 0 Å². The number of hydrogen-bond donors (Lipinski definition) is 1. The van der Waals surface area contributed by atoms with Gasteiger partial charge < -0.3 is 19.6 Å². The second kappa shape index (κ2) is 10.6. The first-order valence-electron chi connectivity index (χ1n) is 11.7. The fourth-order valence-corrected chi connectivity index (χ4v) is 4.30. The number of rotatable bonds is 9. The van der Waals surface area contributed by atoms with Gasteiger partial charge in [0.25, 0.3) is 11.7 Å². The molecule has 1 unspecified atom stereocenters. The SMILES string of the molecule is CCCN1C(=O)C(=O)/C(=C(\O)c2cccc(OC(C)C)c2)C1c1ccc(N(CC)CC)cc1. The first kappa shape index (κ1) is 24.4. The number of nitrogens with zero attached hydrogens (tertiary/aromatic N) is 2. The fraction of sp³-hybridized carbons (Fsp3) is 0.407. The third-order valence-corrected chi connectivity index (χ3v) is 5.82. The number of carbonyl (C=O) groups excluding carboxylic acids is 2. The quantitative estimate of drug-likeness (QED) is 0.325. The molecule has 1 fully saturated rings. The van der Waals surface area contributed by atoms with Crippen molar-refractivity contribution >= 4 is 23.1 Å².